The van der Waals surface area contributed by atoms with Crippen LogP contribution in [-0.4, -0.2) is 36.5 Å². The summed E-state index contributed by atoms with van der Waals surface area (Å²) < 4.78 is 4.92. The van der Waals surface area contributed by atoms with Crippen LogP contribution in [0.3, 0.4) is 0 Å². The lowest BCUT2D eigenvalue weighted by molar-refractivity contribution is -0.148. The lowest BCUT2D eigenvalue weighted by Crippen LogP contribution is -2.49. The molecular weight excluding hydrogens is 375 g/mol. The van der Waals surface area contributed by atoms with Gasteiger partial charge in [0, 0.05) is 6.54 Å². The molecule has 1 aliphatic heterocycles. The van der Waals surface area contributed by atoms with E-state index in [4.69, 9.17) is 27.9 Å². The van der Waals surface area contributed by atoms with E-state index in [1.165, 1.54) is 7.11 Å². The molecule has 0 saturated heterocycles. The van der Waals surface area contributed by atoms with Crippen molar-refractivity contribution in [1.82, 2.24) is 4.90 Å². The normalized spacial score (nSPS) is 16.7. The number of anilines is 1. The molecule has 0 fully saturated rings. The van der Waals surface area contributed by atoms with Gasteiger partial charge in [0.2, 0.25) is 5.91 Å². The summed E-state index contributed by atoms with van der Waals surface area (Å²) in [5, 5.41) is 3.45. The number of amides is 1. The number of nitrogens with one attached hydrogen (secondary N) is 1. The fourth-order valence-electron chi connectivity index (χ4n) is 3.09. The van der Waals surface area contributed by atoms with Crippen molar-refractivity contribution >= 4 is 40.8 Å². The van der Waals surface area contributed by atoms with Gasteiger partial charge in [-0.3, -0.25) is 14.5 Å². The largest absolute Gasteiger partial charge is 0.468 e. The van der Waals surface area contributed by atoms with Crippen molar-refractivity contribution in [3.05, 3.63) is 63.6 Å². The van der Waals surface area contributed by atoms with Crippen LogP contribution >= 0.6 is 23.2 Å². The van der Waals surface area contributed by atoms with E-state index in [-0.39, 0.29) is 18.4 Å². The van der Waals surface area contributed by atoms with Crippen LogP contribution in [0.25, 0.3) is 0 Å². The fourth-order valence-corrected chi connectivity index (χ4v) is 3.58. The number of esters is 1. The monoisotopic (exact) mass is 392 g/mol. The van der Waals surface area contributed by atoms with E-state index < -0.39 is 6.04 Å². The first kappa shape index (κ1) is 18.7. The van der Waals surface area contributed by atoms with Gasteiger partial charge in [-0.25, -0.2) is 0 Å². The Morgan fingerprint density at radius 2 is 1.77 bits per heavy atom. The molecule has 136 valence electrons. The first-order chi connectivity index (χ1) is 12.5. The molecule has 0 radical (unpaired) electrons. The SMILES string of the molecule is COC(=O)[C@@H]1Cc2ccccc2CN1CC(=O)Nc1c(Cl)cccc1Cl. The van der Waals surface area contributed by atoms with Gasteiger partial charge < -0.3 is 10.1 Å². The highest BCUT2D eigenvalue weighted by Gasteiger charge is 2.33. The number of rotatable bonds is 4. The fraction of sp³-hybridized carbons (Fsp3) is 0.263. The Balaban J connectivity index is 1.78. The molecule has 2 aromatic carbocycles. The smallest absolute Gasteiger partial charge is 0.323 e. The number of ether oxygens (including phenoxy) is 1. The summed E-state index contributed by atoms with van der Waals surface area (Å²) in [5.41, 5.74) is 2.55. The van der Waals surface area contributed by atoms with Crippen LogP contribution in [0, 0.1) is 0 Å². The average molecular weight is 393 g/mol. The molecule has 1 atom stereocenters. The molecule has 0 unspecified atom stereocenters. The van der Waals surface area contributed by atoms with E-state index in [2.05, 4.69) is 5.32 Å². The second-order valence-electron chi connectivity index (χ2n) is 6.06. The van der Waals surface area contributed by atoms with Crippen molar-refractivity contribution in [2.45, 2.75) is 19.0 Å². The quantitative estimate of drug-likeness (QED) is 0.808. The number of methoxy groups -OCH3 is 1. The lowest BCUT2D eigenvalue weighted by atomic mass is 9.94. The molecule has 0 aromatic heterocycles. The topological polar surface area (TPSA) is 58.6 Å². The summed E-state index contributed by atoms with van der Waals surface area (Å²) in [6, 6.07) is 12.4. The average Bonchev–Trinajstić information content (AvgIpc) is 2.63. The first-order valence-corrected chi connectivity index (χ1v) is 8.87. The van der Waals surface area contributed by atoms with Gasteiger partial charge in [-0.15, -0.1) is 0 Å². The summed E-state index contributed by atoms with van der Waals surface area (Å²) in [6.45, 7) is 0.509. The Morgan fingerprint density at radius 1 is 1.12 bits per heavy atom. The highest BCUT2D eigenvalue weighted by Crippen LogP contribution is 2.30. The Labute approximate surface area is 161 Å². The third-order valence-corrected chi connectivity index (χ3v) is 5.02. The van der Waals surface area contributed by atoms with E-state index in [1.54, 1.807) is 23.1 Å². The van der Waals surface area contributed by atoms with E-state index in [9.17, 15) is 9.59 Å². The predicted octanol–water partition coefficient (Wildman–Crippen LogP) is 3.53. The molecule has 1 aliphatic rings. The maximum Gasteiger partial charge on any atom is 0.323 e. The maximum atomic E-state index is 12.5. The minimum absolute atomic E-state index is 0.0235. The molecule has 2 aromatic rings. The van der Waals surface area contributed by atoms with Crippen LogP contribution < -0.4 is 5.32 Å². The van der Waals surface area contributed by atoms with Crippen LogP contribution in [0.2, 0.25) is 10.0 Å². The molecule has 0 spiro atoms. The standard InChI is InChI=1S/C19H18Cl2N2O3/c1-26-19(25)16-9-12-5-2-3-6-13(12)10-23(16)11-17(24)22-18-14(20)7-4-8-15(18)21/h2-8,16H,9-11H2,1H3,(H,22,24)/t16-/m0/s1. The summed E-state index contributed by atoms with van der Waals surface area (Å²) >= 11 is 12.2. The summed E-state index contributed by atoms with van der Waals surface area (Å²) in [4.78, 5) is 26.5. The molecule has 0 bridgehead atoms. The Kier molecular flexibility index (Phi) is 5.81. The zero-order valence-corrected chi connectivity index (χ0v) is 15.7. The van der Waals surface area contributed by atoms with Gasteiger partial charge in [0.05, 0.1) is 29.4 Å². The second-order valence-corrected chi connectivity index (χ2v) is 6.88. The number of fused-ring (bicyclic) bond motifs is 1. The van der Waals surface area contributed by atoms with Gasteiger partial charge in [-0.05, 0) is 29.7 Å². The third-order valence-electron chi connectivity index (χ3n) is 4.39. The number of carbonyl (C=O) groups excluding carboxylic acids is 2. The maximum absolute atomic E-state index is 12.5. The van der Waals surface area contributed by atoms with Crippen LogP contribution in [-0.2, 0) is 27.3 Å². The summed E-state index contributed by atoms with van der Waals surface area (Å²) in [5.74, 6) is -0.656. The van der Waals surface area contributed by atoms with E-state index >= 15 is 0 Å². The van der Waals surface area contributed by atoms with Crippen LogP contribution in [0.15, 0.2) is 42.5 Å². The minimum atomic E-state index is -0.512. The first-order valence-electron chi connectivity index (χ1n) is 8.12. The van der Waals surface area contributed by atoms with Crippen LogP contribution in [0.1, 0.15) is 11.1 Å². The number of carbonyl (C=O) groups is 2. The molecule has 26 heavy (non-hydrogen) atoms. The van der Waals surface area contributed by atoms with Gasteiger partial charge in [-0.2, -0.15) is 0 Å². The van der Waals surface area contributed by atoms with Crippen molar-refractivity contribution in [1.29, 1.82) is 0 Å². The highest BCUT2D eigenvalue weighted by atomic mass is 35.5. The van der Waals surface area contributed by atoms with Gasteiger partial charge in [-0.1, -0.05) is 53.5 Å². The van der Waals surface area contributed by atoms with Crippen molar-refractivity contribution in [3.8, 4) is 0 Å². The summed E-state index contributed by atoms with van der Waals surface area (Å²) in [6.07, 6.45) is 0.503. The van der Waals surface area contributed by atoms with Crippen LogP contribution in [0.5, 0.6) is 0 Å². The Hall–Kier alpha value is -2.08. The van der Waals surface area contributed by atoms with Crippen molar-refractivity contribution in [2.75, 3.05) is 19.0 Å². The number of benzene rings is 2. The molecule has 0 saturated carbocycles. The van der Waals surface area contributed by atoms with Gasteiger partial charge in [0.25, 0.3) is 0 Å². The van der Waals surface area contributed by atoms with Crippen molar-refractivity contribution < 1.29 is 14.3 Å². The number of para-hydroxylation sites is 1. The predicted molar refractivity (Wildman–Crippen MR) is 101 cm³/mol. The van der Waals surface area contributed by atoms with E-state index in [1.807, 2.05) is 24.3 Å². The Morgan fingerprint density at radius 3 is 2.42 bits per heavy atom. The number of hydrogen-bond acceptors (Lipinski definition) is 4. The van der Waals surface area contributed by atoms with Crippen molar-refractivity contribution in [2.24, 2.45) is 0 Å². The third kappa shape index (κ3) is 4.01. The number of nitrogens with zero attached hydrogens (tertiary/aromatic N) is 1. The number of hydrogen-bond donors (Lipinski definition) is 1. The second kappa shape index (κ2) is 8.08. The van der Waals surface area contributed by atoms with Gasteiger partial charge >= 0.3 is 5.97 Å². The highest BCUT2D eigenvalue weighted by molar-refractivity contribution is 6.39. The van der Waals surface area contributed by atoms with Gasteiger partial charge in [0.1, 0.15) is 6.04 Å². The molecule has 7 heteroatoms. The van der Waals surface area contributed by atoms with E-state index in [0.29, 0.717) is 28.7 Å². The number of halogens is 2. The molecule has 1 heterocycles. The summed E-state index contributed by atoms with van der Waals surface area (Å²) in [7, 11) is 1.35. The molecule has 1 amide bonds. The molecular formula is C19H18Cl2N2O3. The Bertz CT molecular complexity index is 821. The molecule has 0 aliphatic carbocycles. The van der Waals surface area contributed by atoms with Crippen LogP contribution in [0.4, 0.5) is 5.69 Å². The molecule has 1 N–H and O–H groups in total. The minimum Gasteiger partial charge on any atom is -0.468 e. The zero-order valence-electron chi connectivity index (χ0n) is 14.2. The zero-order chi connectivity index (χ0) is 18.7. The molecule has 3 rings (SSSR count). The van der Waals surface area contributed by atoms with Gasteiger partial charge in [0.15, 0.2) is 0 Å². The van der Waals surface area contributed by atoms with Crippen molar-refractivity contribution in [3.63, 3.8) is 0 Å². The molecule has 5 nitrogen and oxygen atoms in total. The lowest BCUT2D eigenvalue weighted by Gasteiger charge is -2.34. The van der Waals surface area contributed by atoms with E-state index in [0.717, 1.165) is 11.1 Å².